The Hall–Kier alpha value is -3.94. The SMILES string of the molecule is CCCCOC(=O)C1=C(C)NC2=C(C(=O)CC(c3ccc(OC)c(OC)c3)C2)C1c1ccc(OC)c(O)c1. The topological polar surface area (TPSA) is 103 Å². The molecule has 0 aromatic heterocycles. The van der Waals surface area contributed by atoms with Gasteiger partial charge in [-0.1, -0.05) is 25.5 Å². The second kappa shape index (κ2) is 11.6. The molecule has 2 atom stereocenters. The molecule has 0 bridgehead atoms. The second-order valence-electron chi connectivity index (χ2n) is 9.55. The number of phenolic OH excluding ortho intramolecular Hbond substituents is 1. The van der Waals surface area contributed by atoms with Gasteiger partial charge >= 0.3 is 5.97 Å². The van der Waals surface area contributed by atoms with Crippen molar-refractivity contribution in [3.63, 3.8) is 0 Å². The molecular formula is C30H35NO7. The third-order valence-electron chi connectivity index (χ3n) is 7.19. The van der Waals surface area contributed by atoms with Crippen LogP contribution in [-0.2, 0) is 14.3 Å². The molecule has 0 fully saturated rings. The van der Waals surface area contributed by atoms with E-state index >= 15 is 0 Å². The molecule has 38 heavy (non-hydrogen) atoms. The number of benzene rings is 2. The van der Waals surface area contributed by atoms with E-state index in [9.17, 15) is 14.7 Å². The highest BCUT2D eigenvalue weighted by atomic mass is 16.5. The Balaban J connectivity index is 1.76. The van der Waals surface area contributed by atoms with Crippen LogP contribution in [0, 0.1) is 0 Å². The molecule has 0 radical (unpaired) electrons. The second-order valence-corrected chi connectivity index (χ2v) is 9.55. The lowest BCUT2D eigenvalue weighted by atomic mass is 9.71. The first kappa shape index (κ1) is 27.1. The number of methoxy groups -OCH3 is 3. The van der Waals surface area contributed by atoms with Crippen LogP contribution in [0.5, 0.6) is 23.0 Å². The molecule has 2 N–H and O–H groups in total. The van der Waals surface area contributed by atoms with Crippen molar-refractivity contribution in [3.05, 3.63) is 70.1 Å². The molecule has 0 saturated heterocycles. The number of hydrogen-bond donors (Lipinski definition) is 2. The standard InChI is InChI=1S/C30H35NO7/c1-6-7-12-38-30(34)27-17(2)31-21-13-20(18-8-11-25(36-4)26(16-18)37-5)15-23(33)29(21)28(27)19-9-10-24(35-3)22(32)14-19/h8-11,14,16,20,28,31-32H,6-7,12-13,15H2,1-5H3. The molecule has 2 unspecified atom stereocenters. The summed E-state index contributed by atoms with van der Waals surface area (Å²) in [6, 6.07) is 10.7. The van der Waals surface area contributed by atoms with Gasteiger partial charge in [0, 0.05) is 29.3 Å². The molecule has 1 aliphatic carbocycles. The minimum atomic E-state index is -0.670. The number of ketones is 1. The van der Waals surface area contributed by atoms with Gasteiger partial charge in [-0.05, 0) is 61.1 Å². The monoisotopic (exact) mass is 521 g/mol. The Morgan fingerprint density at radius 1 is 0.974 bits per heavy atom. The molecule has 8 nitrogen and oxygen atoms in total. The normalized spacial score (nSPS) is 19.0. The average molecular weight is 522 g/mol. The Bertz CT molecular complexity index is 1290. The Morgan fingerprint density at radius 3 is 2.32 bits per heavy atom. The summed E-state index contributed by atoms with van der Waals surface area (Å²) in [6.07, 6.45) is 2.49. The maximum absolute atomic E-state index is 13.8. The van der Waals surface area contributed by atoms with Crippen molar-refractivity contribution in [1.82, 2.24) is 5.32 Å². The van der Waals surface area contributed by atoms with Gasteiger partial charge in [0.25, 0.3) is 0 Å². The van der Waals surface area contributed by atoms with E-state index in [4.69, 9.17) is 18.9 Å². The van der Waals surface area contributed by atoms with Gasteiger partial charge in [0.05, 0.1) is 33.5 Å². The number of carbonyl (C=O) groups is 2. The van der Waals surface area contributed by atoms with Gasteiger partial charge in [0.2, 0.25) is 0 Å². The molecule has 1 heterocycles. The van der Waals surface area contributed by atoms with Crippen LogP contribution < -0.4 is 19.5 Å². The first-order chi connectivity index (χ1) is 18.3. The molecule has 2 aromatic rings. The zero-order valence-corrected chi connectivity index (χ0v) is 22.6. The summed E-state index contributed by atoms with van der Waals surface area (Å²) in [6.45, 7) is 4.14. The largest absolute Gasteiger partial charge is 0.504 e. The van der Waals surface area contributed by atoms with Crippen LogP contribution >= 0.6 is 0 Å². The molecule has 1 aliphatic heterocycles. The minimum absolute atomic E-state index is 0.0616. The maximum atomic E-state index is 13.8. The van der Waals surface area contributed by atoms with Crippen molar-refractivity contribution < 1.29 is 33.6 Å². The van der Waals surface area contributed by atoms with E-state index in [2.05, 4.69) is 5.32 Å². The van der Waals surface area contributed by atoms with E-state index in [1.54, 1.807) is 32.4 Å². The minimum Gasteiger partial charge on any atom is -0.504 e. The number of carbonyl (C=O) groups excluding carboxylic acids is 2. The molecule has 2 aromatic carbocycles. The van der Waals surface area contributed by atoms with Gasteiger partial charge in [0.1, 0.15) is 0 Å². The number of nitrogens with one attached hydrogen (secondary N) is 1. The van der Waals surface area contributed by atoms with E-state index in [0.29, 0.717) is 52.7 Å². The number of hydrogen-bond acceptors (Lipinski definition) is 8. The van der Waals surface area contributed by atoms with Crippen LogP contribution in [0.25, 0.3) is 0 Å². The number of ether oxygens (including phenoxy) is 4. The van der Waals surface area contributed by atoms with Crippen molar-refractivity contribution in [1.29, 1.82) is 0 Å². The third kappa shape index (κ3) is 5.21. The van der Waals surface area contributed by atoms with Gasteiger partial charge in [-0.15, -0.1) is 0 Å². The van der Waals surface area contributed by atoms with Crippen LogP contribution in [0.4, 0.5) is 0 Å². The number of rotatable bonds is 9. The summed E-state index contributed by atoms with van der Waals surface area (Å²) in [5, 5.41) is 13.9. The Morgan fingerprint density at radius 2 is 1.66 bits per heavy atom. The fraction of sp³-hybridized carbons (Fsp3) is 0.400. The molecule has 4 rings (SSSR count). The van der Waals surface area contributed by atoms with Gasteiger partial charge in [0.15, 0.2) is 28.8 Å². The van der Waals surface area contributed by atoms with Crippen LogP contribution in [0.2, 0.25) is 0 Å². The molecule has 0 amide bonds. The number of unbranched alkanes of at least 4 members (excludes halogenated alkanes) is 1. The number of allylic oxidation sites excluding steroid dienone is 3. The molecule has 202 valence electrons. The van der Waals surface area contributed by atoms with Crippen LogP contribution in [-0.4, -0.2) is 44.8 Å². The van der Waals surface area contributed by atoms with Crippen LogP contribution in [0.3, 0.4) is 0 Å². The van der Waals surface area contributed by atoms with Gasteiger partial charge in [-0.25, -0.2) is 4.79 Å². The Labute approximate surface area is 223 Å². The van der Waals surface area contributed by atoms with Gasteiger partial charge < -0.3 is 29.4 Å². The first-order valence-corrected chi connectivity index (χ1v) is 12.8. The van der Waals surface area contributed by atoms with E-state index in [-0.39, 0.29) is 23.9 Å². The predicted octanol–water partition coefficient (Wildman–Crippen LogP) is 5.12. The fourth-order valence-corrected chi connectivity index (χ4v) is 5.26. The lowest BCUT2D eigenvalue weighted by Gasteiger charge is -2.37. The molecule has 2 aliphatic rings. The van der Waals surface area contributed by atoms with Gasteiger partial charge in [-0.3, -0.25) is 4.79 Å². The van der Waals surface area contributed by atoms with Crippen molar-refractivity contribution in [2.75, 3.05) is 27.9 Å². The van der Waals surface area contributed by atoms with E-state index in [1.807, 2.05) is 32.0 Å². The van der Waals surface area contributed by atoms with E-state index in [0.717, 1.165) is 24.1 Å². The summed E-state index contributed by atoms with van der Waals surface area (Å²) in [7, 11) is 4.64. The Kier molecular flexibility index (Phi) is 8.29. The van der Waals surface area contributed by atoms with Crippen molar-refractivity contribution in [2.45, 2.75) is 51.4 Å². The first-order valence-electron chi connectivity index (χ1n) is 12.8. The van der Waals surface area contributed by atoms with E-state index in [1.165, 1.54) is 7.11 Å². The molecule has 8 heteroatoms. The summed E-state index contributed by atoms with van der Waals surface area (Å²) < 4.78 is 21.6. The van der Waals surface area contributed by atoms with Gasteiger partial charge in [-0.2, -0.15) is 0 Å². The molecular weight excluding hydrogens is 486 g/mol. The zero-order valence-electron chi connectivity index (χ0n) is 22.6. The highest BCUT2D eigenvalue weighted by Gasteiger charge is 2.41. The quantitative estimate of drug-likeness (QED) is 0.346. The summed E-state index contributed by atoms with van der Waals surface area (Å²) >= 11 is 0. The number of Topliss-reactive ketones (excluding diaryl/α,β-unsaturated/α-hetero) is 1. The zero-order chi connectivity index (χ0) is 27.4. The summed E-state index contributed by atoms with van der Waals surface area (Å²) in [4.78, 5) is 27.1. The fourth-order valence-electron chi connectivity index (χ4n) is 5.26. The number of dihydropyridines is 1. The maximum Gasteiger partial charge on any atom is 0.336 e. The van der Waals surface area contributed by atoms with E-state index < -0.39 is 11.9 Å². The van der Waals surface area contributed by atoms with Crippen molar-refractivity contribution >= 4 is 11.8 Å². The summed E-state index contributed by atoms with van der Waals surface area (Å²) in [5.41, 5.74) is 3.89. The van der Waals surface area contributed by atoms with Crippen molar-refractivity contribution in [2.24, 2.45) is 0 Å². The smallest absolute Gasteiger partial charge is 0.336 e. The highest BCUT2D eigenvalue weighted by Crippen LogP contribution is 2.47. The van der Waals surface area contributed by atoms with Crippen molar-refractivity contribution in [3.8, 4) is 23.0 Å². The number of phenols is 1. The lowest BCUT2D eigenvalue weighted by molar-refractivity contribution is -0.139. The third-order valence-corrected chi connectivity index (χ3v) is 7.19. The molecule has 0 saturated carbocycles. The number of aromatic hydroxyl groups is 1. The highest BCUT2D eigenvalue weighted by molar-refractivity contribution is 6.04. The predicted molar refractivity (Wildman–Crippen MR) is 143 cm³/mol. The summed E-state index contributed by atoms with van der Waals surface area (Å²) in [5.74, 6) is 0.199. The average Bonchev–Trinajstić information content (AvgIpc) is 2.91. The van der Waals surface area contributed by atoms with Crippen LogP contribution in [0.1, 0.15) is 62.5 Å². The van der Waals surface area contributed by atoms with Crippen LogP contribution in [0.15, 0.2) is 58.9 Å². The molecule has 0 spiro atoms. The number of esters is 1. The lowest BCUT2D eigenvalue weighted by Crippen LogP contribution is -2.36.